The Bertz CT molecular complexity index is 613. The summed E-state index contributed by atoms with van der Waals surface area (Å²) in [5, 5.41) is 10.1. The van der Waals surface area contributed by atoms with Gasteiger partial charge in [0, 0.05) is 16.3 Å². The lowest BCUT2D eigenvalue weighted by molar-refractivity contribution is 0.0469. The summed E-state index contributed by atoms with van der Waals surface area (Å²) in [6, 6.07) is 11.3. The Morgan fingerprint density at radius 1 is 1.26 bits per heavy atom. The van der Waals surface area contributed by atoms with Crippen molar-refractivity contribution in [1.29, 1.82) is 0 Å². The standard InChI is InChI=1S/C14H12ClNO3/c15-12-4-2-1-3-9(12)8-19-14(18)11-7-10(16)5-6-13(11)17/h1-7,17H,8,16H2. The molecule has 0 amide bonds. The molecule has 2 aromatic carbocycles. The van der Waals surface area contributed by atoms with Crippen LogP contribution in [0.3, 0.4) is 0 Å². The monoisotopic (exact) mass is 277 g/mol. The molecule has 2 rings (SSSR count). The molecule has 3 N–H and O–H groups in total. The first-order valence-electron chi connectivity index (χ1n) is 5.57. The fourth-order valence-electron chi connectivity index (χ4n) is 1.55. The number of halogens is 1. The normalized spacial score (nSPS) is 10.2. The van der Waals surface area contributed by atoms with E-state index in [2.05, 4.69) is 0 Å². The summed E-state index contributed by atoms with van der Waals surface area (Å²) < 4.78 is 5.09. The van der Waals surface area contributed by atoms with Gasteiger partial charge in [-0.05, 0) is 24.3 Å². The number of esters is 1. The van der Waals surface area contributed by atoms with Crippen LogP contribution in [0.25, 0.3) is 0 Å². The summed E-state index contributed by atoms with van der Waals surface area (Å²) in [5.41, 5.74) is 6.66. The quantitative estimate of drug-likeness (QED) is 0.514. The second kappa shape index (κ2) is 5.63. The summed E-state index contributed by atoms with van der Waals surface area (Å²) >= 11 is 5.95. The maximum atomic E-state index is 11.8. The molecular formula is C14H12ClNO3. The molecule has 0 unspecified atom stereocenters. The van der Waals surface area contributed by atoms with E-state index in [1.54, 1.807) is 24.3 Å². The number of nitrogens with two attached hydrogens (primary N) is 1. The number of aromatic hydroxyl groups is 1. The number of ether oxygens (including phenoxy) is 1. The highest BCUT2D eigenvalue weighted by molar-refractivity contribution is 6.31. The number of benzene rings is 2. The Hall–Kier alpha value is -2.20. The van der Waals surface area contributed by atoms with E-state index >= 15 is 0 Å². The summed E-state index contributed by atoms with van der Waals surface area (Å²) in [5.74, 6) is -0.817. The molecular weight excluding hydrogens is 266 g/mol. The average molecular weight is 278 g/mol. The molecule has 5 heteroatoms. The molecule has 98 valence electrons. The van der Waals surface area contributed by atoms with Crippen molar-refractivity contribution < 1.29 is 14.6 Å². The van der Waals surface area contributed by atoms with Gasteiger partial charge >= 0.3 is 5.97 Å². The molecule has 0 saturated carbocycles. The van der Waals surface area contributed by atoms with Crippen molar-refractivity contribution in [2.24, 2.45) is 0 Å². The van der Waals surface area contributed by atoms with Crippen molar-refractivity contribution in [3.05, 3.63) is 58.6 Å². The maximum absolute atomic E-state index is 11.8. The predicted octanol–water partition coefficient (Wildman–Crippen LogP) is 2.98. The van der Waals surface area contributed by atoms with Crippen LogP contribution in [-0.4, -0.2) is 11.1 Å². The van der Waals surface area contributed by atoms with Gasteiger partial charge in [0.15, 0.2) is 0 Å². The second-order valence-corrected chi connectivity index (χ2v) is 4.35. The molecule has 19 heavy (non-hydrogen) atoms. The molecule has 0 aromatic heterocycles. The SMILES string of the molecule is Nc1ccc(O)c(C(=O)OCc2ccccc2Cl)c1. The van der Waals surface area contributed by atoms with Gasteiger partial charge in [0.1, 0.15) is 17.9 Å². The minimum Gasteiger partial charge on any atom is -0.507 e. The summed E-state index contributed by atoms with van der Waals surface area (Å²) in [7, 11) is 0. The van der Waals surface area contributed by atoms with Gasteiger partial charge in [0.2, 0.25) is 0 Å². The van der Waals surface area contributed by atoms with E-state index in [0.29, 0.717) is 16.3 Å². The number of nitrogen functional groups attached to an aromatic ring is 1. The molecule has 0 aliphatic heterocycles. The highest BCUT2D eigenvalue weighted by atomic mass is 35.5. The second-order valence-electron chi connectivity index (χ2n) is 3.94. The lowest BCUT2D eigenvalue weighted by Gasteiger charge is -2.08. The molecule has 0 aliphatic carbocycles. The van der Waals surface area contributed by atoms with E-state index in [0.717, 1.165) is 0 Å². The highest BCUT2D eigenvalue weighted by Crippen LogP contribution is 2.22. The van der Waals surface area contributed by atoms with Gasteiger partial charge in [-0.3, -0.25) is 0 Å². The fraction of sp³-hybridized carbons (Fsp3) is 0.0714. The first-order chi connectivity index (χ1) is 9.08. The van der Waals surface area contributed by atoms with Crippen LogP contribution in [0.1, 0.15) is 15.9 Å². The number of carbonyl (C=O) groups is 1. The highest BCUT2D eigenvalue weighted by Gasteiger charge is 2.13. The van der Waals surface area contributed by atoms with Gasteiger partial charge in [-0.15, -0.1) is 0 Å². The lowest BCUT2D eigenvalue weighted by atomic mass is 10.2. The Kier molecular flexibility index (Phi) is 3.92. The van der Waals surface area contributed by atoms with Crippen LogP contribution in [0, 0.1) is 0 Å². The smallest absolute Gasteiger partial charge is 0.342 e. The van der Waals surface area contributed by atoms with Gasteiger partial charge in [-0.1, -0.05) is 29.8 Å². The largest absolute Gasteiger partial charge is 0.507 e. The van der Waals surface area contributed by atoms with Crippen LogP contribution >= 0.6 is 11.6 Å². The van der Waals surface area contributed by atoms with Crippen LogP contribution in [-0.2, 0) is 11.3 Å². The van der Waals surface area contributed by atoms with Gasteiger partial charge in [0.25, 0.3) is 0 Å². The zero-order valence-corrected chi connectivity index (χ0v) is 10.7. The van der Waals surface area contributed by atoms with Crippen LogP contribution in [0.15, 0.2) is 42.5 Å². The third-order valence-corrected chi connectivity index (χ3v) is 2.93. The van der Waals surface area contributed by atoms with Crippen molar-refractivity contribution in [2.75, 3.05) is 5.73 Å². The summed E-state index contributed by atoms with van der Waals surface area (Å²) in [4.78, 5) is 11.8. The van der Waals surface area contributed by atoms with Crippen molar-refractivity contribution in [3.8, 4) is 5.75 Å². The third kappa shape index (κ3) is 3.17. The van der Waals surface area contributed by atoms with Crippen molar-refractivity contribution in [2.45, 2.75) is 6.61 Å². The topological polar surface area (TPSA) is 72.5 Å². The van der Waals surface area contributed by atoms with E-state index < -0.39 is 5.97 Å². The molecule has 4 nitrogen and oxygen atoms in total. The fourth-order valence-corrected chi connectivity index (χ4v) is 1.74. The zero-order valence-electron chi connectivity index (χ0n) is 9.97. The van der Waals surface area contributed by atoms with Gasteiger partial charge < -0.3 is 15.6 Å². The van der Waals surface area contributed by atoms with Gasteiger partial charge in [-0.25, -0.2) is 4.79 Å². The van der Waals surface area contributed by atoms with Crippen LogP contribution in [0.4, 0.5) is 5.69 Å². The minimum absolute atomic E-state index is 0.0343. The van der Waals surface area contributed by atoms with E-state index in [4.69, 9.17) is 22.1 Å². The Labute approximate surface area is 115 Å². The number of phenolic OH excluding ortho intramolecular Hbond substituents is 1. The number of phenols is 1. The average Bonchev–Trinajstić information content (AvgIpc) is 2.40. The Morgan fingerprint density at radius 3 is 2.74 bits per heavy atom. The molecule has 0 bridgehead atoms. The molecule has 0 spiro atoms. The van der Waals surface area contributed by atoms with Gasteiger partial charge in [0.05, 0.1) is 0 Å². The van der Waals surface area contributed by atoms with Crippen molar-refractivity contribution in [1.82, 2.24) is 0 Å². The number of carbonyl (C=O) groups excluding carboxylic acids is 1. The van der Waals surface area contributed by atoms with E-state index in [-0.39, 0.29) is 17.9 Å². The zero-order chi connectivity index (χ0) is 13.8. The van der Waals surface area contributed by atoms with E-state index in [9.17, 15) is 9.90 Å². The van der Waals surface area contributed by atoms with Crippen LogP contribution in [0.5, 0.6) is 5.75 Å². The molecule has 0 heterocycles. The molecule has 0 radical (unpaired) electrons. The number of hydrogen-bond acceptors (Lipinski definition) is 4. The number of rotatable bonds is 3. The van der Waals surface area contributed by atoms with Crippen LogP contribution in [0.2, 0.25) is 5.02 Å². The summed E-state index contributed by atoms with van der Waals surface area (Å²) in [6.45, 7) is 0.0345. The van der Waals surface area contributed by atoms with E-state index in [1.165, 1.54) is 18.2 Å². The summed E-state index contributed by atoms with van der Waals surface area (Å²) in [6.07, 6.45) is 0. The maximum Gasteiger partial charge on any atom is 0.342 e. The third-order valence-electron chi connectivity index (χ3n) is 2.56. The first-order valence-corrected chi connectivity index (χ1v) is 5.95. The number of anilines is 1. The molecule has 0 aliphatic rings. The molecule has 0 fully saturated rings. The number of hydrogen-bond donors (Lipinski definition) is 2. The molecule has 0 atom stereocenters. The molecule has 2 aromatic rings. The minimum atomic E-state index is -0.648. The van der Waals surface area contributed by atoms with Crippen molar-refractivity contribution in [3.63, 3.8) is 0 Å². The molecule has 0 saturated heterocycles. The first kappa shape index (κ1) is 13.2. The van der Waals surface area contributed by atoms with E-state index in [1.807, 2.05) is 0 Å². The Balaban J connectivity index is 2.10. The Morgan fingerprint density at radius 2 is 2.00 bits per heavy atom. The lowest BCUT2D eigenvalue weighted by Crippen LogP contribution is -2.06. The van der Waals surface area contributed by atoms with Crippen LogP contribution < -0.4 is 5.73 Å². The predicted molar refractivity (Wildman–Crippen MR) is 73.1 cm³/mol. The van der Waals surface area contributed by atoms with Crippen molar-refractivity contribution >= 4 is 23.3 Å². The van der Waals surface area contributed by atoms with Gasteiger partial charge in [-0.2, -0.15) is 0 Å².